The van der Waals surface area contributed by atoms with Gasteiger partial charge < -0.3 is 4.57 Å². The third-order valence-electron chi connectivity index (χ3n) is 9.56. The van der Waals surface area contributed by atoms with Crippen molar-refractivity contribution >= 4 is 32.6 Å². The van der Waals surface area contributed by atoms with Crippen LogP contribution >= 0.6 is 0 Å². The van der Waals surface area contributed by atoms with Gasteiger partial charge in [-0.15, -0.1) is 0 Å². The van der Waals surface area contributed by atoms with E-state index in [1.54, 1.807) is 0 Å². The number of aromatic nitrogens is 3. The maximum Gasteiger partial charge on any atom is 0.162 e. The molecule has 10 rings (SSSR count). The standard InChI is InChI=1S/C44H27N3/c1-3-13-28(14-4-1)36-27-37(29-15-5-2-6-16-29)46-44(45-36)35-20-9-10-23-38(35)47-39-24-12-22-34-32-19-8-7-18-31(32)33-21-11-17-30-25-26-40(47)43(41(30)33)42(34)39/h1-27H. The van der Waals surface area contributed by atoms with Crippen molar-refractivity contribution in [1.82, 2.24) is 14.5 Å². The molecule has 3 nitrogen and oxygen atoms in total. The molecule has 0 amide bonds. The summed E-state index contributed by atoms with van der Waals surface area (Å²) < 4.78 is 2.42. The third kappa shape index (κ3) is 3.87. The molecule has 0 spiro atoms. The predicted molar refractivity (Wildman–Crippen MR) is 195 cm³/mol. The fourth-order valence-corrected chi connectivity index (χ4v) is 7.53. The fraction of sp³-hybridized carbons (Fsp3) is 0. The number of hydrogen-bond donors (Lipinski definition) is 0. The first-order valence-corrected chi connectivity index (χ1v) is 16.0. The first-order chi connectivity index (χ1) is 23.3. The highest BCUT2D eigenvalue weighted by atomic mass is 15.0. The molecule has 1 aliphatic rings. The molecule has 9 aromatic rings. The summed E-state index contributed by atoms with van der Waals surface area (Å²) in [5.74, 6) is 0.700. The lowest BCUT2D eigenvalue weighted by molar-refractivity contribution is 1.14. The van der Waals surface area contributed by atoms with Crippen molar-refractivity contribution < 1.29 is 0 Å². The summed E-state index contributed by atoms with van der Waals surface area (Å²) in [6, 6.07) is 58.2. The molecule has 2 aromatic heterocycles. The highest BCUT2D eigenvalue weighted by Crippen LogP contribution is 2.50. The average molecular weight is 598 g/mol. The number of nitrogens with zero attached hydrogens (tertiary/aromatic N) is 3. The maximum absolute atomic E-state index is 5.23. The minimum atomic E-state index is 0.700. The van der Waals surface area contributed by atoms with Gasteiger partial charge in [0.1, 0.15) is 0 Å². The van der Waals surface area contributed by atoms with E-state index < -0.39 is 0 Å². The Kier molecular flexibility index (Phi) is 5.57. The molecule has 0 saturated carbocycles. The molecule has 7 aromatic carbocycles. The van der Waals surface area contributed by atoms with E-state index >= 15 is 0 Å². The van der Waals surface area contributed by atoms with Crippen molar-refractivity contribution in [3.63, 3.8) is 0 Å². The molecule has 0 N–H and O–H groups in total. The molecule has 2 heterocycles. The Bertz CT molecular complexity index is 2610. The number of benzene rings is 7. The Balaban J connectivity index is 1.31. The van der Waals surface area contributed by atoms with Gasteiger partial charge in [-0.3, -0.25) is 0 Å². The van der Waals surface area contributed by atoms with Gasteiger partial charge in [0.25, 0.3) is 0 Å². The topological polar surface area (TPSA) is 30.7 Å². The molecule has 218 valence electrons. The highest BCUT2D eigenvalue weighted by molar-refractivity contribution is 6.30. The van der Waals surface area contributed by atoms with E-state index in [4.69, 9.17) is 9.97 Å². The summed E-state index contributed by atoms with van der Waals surface area (Å²) in [7, 11) is 0. The van der Waals surface area contributed by atoms with Crippen molar-refractivity contribution in [2.75, 3.05) is 0 Å². The number of rotatable bonds is 4. The van der Waals surface area contributed by atoms with E-state index in [-0.39, 0.29) is 0 Å². The van der Waals surface area contributed by atoms with Gasteiger partial charge in [0.05, 0.1) is 28.1 Å². The van der Waals surface area contributed by atoms with E-state index in [1.807, 2.05) is 12.1 Å². The van der Waals surface area contributed by atoms with Gasteiger partial charge in [-0.05, 0) is 63.4 Å². The van der Waals surface area contributed by atoms with Crippen molar-refractivity contribution in [3.8, 4) is 61.8 Å². The maximum atomic E-state index is 5.23. The van der Waals surface area contributed by atoms with Crippen molar-refractivity contribution in [1.29, 1.82) is 0 Å². The van der Waals surface area contributed by atoms with Crippen LogP contribution in [0, 0.1) is 0 Å². The quantitative estimate of drug-likeness (QED) is 0.202. The molecule has 0 fully saturated rings. The molecule has 0 saturated heterocycles. The minimum absolute atomic E-state index is 0.700. The zero-order chi connectivity index (χ0) is 30.9. The fourth-order valence-electron chi connectivity index (χ4n) is 7.53. The highest BCUT2D eigenvalue weighted by Gasteiger charge is 2.25. The van der Waals surface area contributed by atoms with Gasteiger partial charge >= 0.3 is 0 Å². The van der Waals surface area contributed by atoms with Crippen LogP contribution in [-0.4, -0.2) is 14.5 Å². The molecular formula is C44H27N3. The molecule has 1 aliphatic carbocycles. The third-order valence-corrected chi connectivity index (χ3v) is 9.56. The molecule has 0 unspecified atom stereocenters. The molecule has 0 bridgehead atoms. The summed E-state index contributed by atoms with van der Waals surface area (Å²) in [5.41, 5.74) is 13.4. The summed E-state index contributed by atoms with van der Waals surface area (Å²) in [6.07, 6.45) is 0. The van der Waals surface area contributed by atoms with Crippen LogP contribution in [-0.2, 0) is 0 Å². The Labute approximate surface area is 272 Å². The molecule has 0 atom stereocenters. The van der Waals surface area contributed by atoms with Gasteiger partial charge in [0.2, 0.25) is 0 Å². The predicted octanol–water partition coefficient (Wildman–Crippen LogP) is 11.4. The van der Waals surface area contributed by atoms with Gasteiger partial charge in [-0.2, -0.15) is 0 Å². The zero-order valence-electron chi connectivity index (χ0n) is 25.4. The van der Waals surface area contributed by atoms with Crippen LogP contribution in [0.3, 0.4) is 0 Å². The van der Waals surface area contributed by atoms with Crippen LogP contribution in [0.15, 0.2) is 164 Å². The van der Waals surface area contributed by atoms with Crippen LogP contribution in [0.4, 0.5) is 0 Å². The first kappa shape index (κ1) is 26.0. The van der Waals surface area contributed by atoms with Gasteiger partial charge in [0, 0.05) is 27.5 Å². The normalized spacial score (nSPS) is 11.8. The van der Waals surface area contributed by atoms with Crippen LogP contribution in [0.1, 0.15) is 0 Å². The van der Waals surface area contributed by atoms with E-state index in [1.165, 1.54) is 54.8 Å². The second kappa shape index (κ2) is 10.1. The second-order valence-electron chi connectivity index (χ2n) is 12.2. The summed E-state index contributed by atoms with van der Waals surface area (Å²) in [5, 5.41) is 5.13. The molecule has 47 heavy (non-hydrogen) atoms. The van der Waals surface area contributed by atoms with E-state index in [9.17, 15) is 0 Å². The van der Waals surface area contributed by atoms with Crippen molar-refractivity contribution in [2.45, 2.75) is 0 Å². The molecule has 3 heteroatoms. The first-order valence-electron chi connectivity index (χ1n) is 16.0. The Morgan fingerprint density at radius 3 is 1.57 bits per heavy atom. The molecular weight excluding hydrogens is 571 g/mol. The Morgan fingerprint density at radius 1 is 0.362 bits per heavy atom. The van der Waals surface area contributed by atoms with Crippen LogP contribution < -0.4 is 0 Å². The van der Waals surface area contributed by atoms with E-state index in [0.29, 0.717) is 5.82 Å². The van der Waals surface area contributed by atoms with Gasteiger partial charge in [-0.25, -0.2) is 9.97 Å². The Morgan fingerprint density at radius 2 is 0.894 bits per heavy atom. The second-order valence-corrected chi connectivity index (χ2v) is 12.2. The minimum Gasteiger partial charge on any atom is -0.308 e. The SMILES string of the molecule is c1ccc(-c2cc(-c3ccccc3)nc(-c3ccccc3-n3c4cccc5c4c4c6c(cccc6ccc43)-c3ccccc3-5)n2)cc1. The monoisotopic (exact) mass is 597 g/mol. The number of hydrogen-bond acceptors (Lipinski definition) is 2. The van der Waals surface area contributed by atoms with E-state index in [2.05, 4.69) is 156 Å². The van der Waals surface area contributed by atoms with Crippen LogP contribution in [0.2, 0.25) is 0 Å². The Hall–Kier alpha value is -6.32. The largest absolute Gasteiger partial charge is 0.308 e. The lowest BCUT2D eigenvalue weighted by Gasteiger charge is -2.16. The lowest BCUT2D eigenvalue weighted by atomic mass is 9.93. The number of para-hydroxylation sites is 1. The summed E-state index contributed by atoms with van der Waals surface area (Å²) in [6.45, 7) is 0. The average Bonchev–Trinajstić information content (AvgIpc) is 3.43. The summed E-state index contributed by atoms with van der Waals surface area (Å²) in [4.78, 5) is 10.5. The van der Waals surface area contributed by atoms with Gasteiger partial charge in [-0.1, -0.05) is 133 Å². The molecule has 0 radical (unpaired) electrons. The van der Waals surface area contributed by atoms with E-state index in [0.717, 1.165) is 33.8 Å². The zero-order valence-corrected chi connectivity index (χ0v) is 25.4. The smallest absolute Gasteiger partial charge is 0.162 e. The van der Waals surface area contributed by atoms with Crippen LogP contribution in [0.5, 0.6) is 0 Å². The van der Waals surface area contributed by atoms with Crippen molar-refractivity contribution in [2.24, 2.45) is 0 Å². The van der Waals surface area contributed by atoms with Crippen molar-refractivity contribution in [3.05, 3.63) is 164 Å². The van der Waals surface area contributed by atoms with Gasteiger partial charge in [0.15, 0.2) is 5.82 Å². The number of fused-ring (bicyclic) bond motifs is 3. The lowest BCUT2D eigenvalue weighted by Crippen LogP contribution is -2.01. The molecule has 0 aliphatic heterocycles. The summed E-state index contributed by atoms with van der Waals surface area (Å²) >= 11 is 0. The van der Waals surface area contributed by atoms with Crippen LogP contribution in [0.25, 0.3) is 94.4 Å².